The van der Waals surface area contributed by atoms with E-state index in [0.29, 0.717) is 0 Å². The lowest BCUT2D eigenvalue weighted by Crippen LogP contribution is -2.28. The standard InChI is InChI=1S/C16H28O8/c1-2-3-4-5-6-7-8-14(19)23-10-12(17)11-24-15(20)9-13(18)16(21)22/h12-13,17-18H,2-11H2,1H3,(H,21,22)/t12?,13-/m0/s1. The first-order valence-corrected chi connectivity index (χ1v) is 8.27. The summed E-state index contributed by atoms with van der Waals surface area (Å²) >= 11 is 0. The van der Waals surface area contributed by atoms with Gasteiger partial charge in [0.25, 0.3) is 0 Å². The van der Waals surface area contributed by atoms with E-state index in [2.05, 4.69) is 11.7 Å². The second-order valence-corrected chi connectivity index (χ2v) is 5.60. The van der Waals surface area contributed by atoms with Crippen molar-refractivity contribution in [1.29, 1.82) is 0 Å². The quantitative estimate of drug-likeness (QED) is 0.313. The average Bonchev–Trinajstić information content (AvgIpc) is 2.54. The Labute approximate surface area is 141 Å². The van der Waals surface area contributed by atoms with Crippen molar-refractivity contribution in [3.05, 3.63) is 0 Å². The third-order valence-corrected chi connectivity index (χ3v) is 3.25. The van der Waals surface area contributed by atoms with Crippen LogP contribution >= 0.6 is 0 Å². The summed E-state index contributed by atoms with van der Waals surface area (Å²) in [7, 11) is 0. The van der Waals surface area contributed by atoms with Crippen LogP contribution in [0.5, 0.6) is 0 Å². The Bertz CT molecular complexity index is 382. The summed E-state index contributed by atoms with van der Waals surface area (Å²) in [5, 5.41) is 26.9. The summed E-state index contributed by atoms with van der Waals surface area (Å²) in [6.07, 6.45) is 2.84. The van der Waals surface area contributed by atoms with Gasteiger partial charge in [0.2, 0.25) is 0 Å². The van der Waals surface area contributed by atoms with Crippen molar-refractivity contribution in [2.45, 2.75) is 70.5 Å². The van der Waals surface area contributed by atoms with E-state index in [1.165, 1.54) is 12.8 Å². The van der Waals surface area contributed by atoms with Crippen LogP contribution in [0.25, 0.3) is 0 Å². The Balaban J connectivity index is 3.66. The first-order chi connectivity index (χ1) is 11.4. The van der Waals surface area contributed by atoms with E-state index in [9.17, 15) is 19.5 Å². The van der Waals surface area contributed by atoms with Crippen LogP contribution in [-0.4, -0.2) is 58.6 Å². The normalized spacial score (nSPS) is 13.1. The molecule has 1 unspecified atom stereocenters. The summed E-state index contributed by atoms with van der Waals surface area (Å²) in [6, 6.07) is 0. The minimum Gasteiger partial charge on any atom is -0.479 e. The Morgan fingerprint density at radius 3 is 2.00 bits per heavy atom. The van der Waals surface area contributed by atoms with Crippen LogP contribution in [0, 0.1) is 0 Å². The third-order valence-electron chi connectivity index (χ3n) is 3.25. The van der Waals surface area contributed by atoms with Crippen LogP contribution in [0.1, 0.15) is 58.3 Å². The Hall–Kier alpha value is -1.67. The molecule has 0 aliphatic rings. The maximum atomic E-state index is 11.5. The van der Waals surface area contributed by atoms with Gasteiger partial charge in [0.15, 0.2) is 6.10 Å². The first kappa shape index (κ1) is 22.3. The zero-order valence-corrected chi connectivity index (χ0v) is 14.1. The molecule has 0 heterocycles. The van der Waals surface area contributed by atoms with Crippen LogP contribution in [0.15, 0.2) is 0 Å². The van der Waals surface area contributed by atoms with Crippen molar-refractivity contribution >= 4 is 17.9 Å². The molecule has 0 saturated heterocycles. The summed E-state index contributed by atoms with van der Waals surface area (Å²) in [5.74, 6) is -2.91. The molecule has 8 heteroatoms. The number of aliphatic hydroxyl groups excluding tert-OH is 2. The monoisotopic (exact) mass is 348 g/mol. The molecule has 2 atom stereocenters. The fourth-order valence-electron chi connectivity index (χ4n) is 1.85. The molecule has 8 nitrogen and oxygen atoms in total. The van der Waals surface area contributed by atoms with Crippen molar-refractivity contribution in [2.24, 2.45) is 0 Å². The van der Waals surface area contributed by atoms with Crippen LogP contribution in [-0.2, 0) is 23.9 Å². The molecule has 0 aromatic heterocycles. The second-order valence-electron chi connectivity index (χ2n) is 5.60. The lowest BCUT2D eigenvalue weighted by Gasteiger charge is -2.12. The molecule has 0 saturated carbocycles. The largest absolute Gasteiger partial charge is 0.479 e. The highest BCUT2D eigenvalue weighted by Gasteiger charge is 2.19. The van der Waals surface area contributed by atoms with Gasteiger partial charge in [-0.15, -0.1) is 0 Å². The maximum Gasteiger partial charge on any atom is 0.333 e. The van der Waals surface area contributed by atoms with Gasteiger partial charge in [-0.3, -0.25) is 9.59 Å². The smallest absolute Gasteiger partial charge is 0.333 e. The number of carboxylic acid groups (broad SMARTS) is 1. The molecule has 0 rings (SSSR count). The minimum atomic E-state index is -1.84. The van der Waals surface area contributed by atoms with E-state index in [1.807, 2.05) is 0 Å². The second kappa shape index (κ2) is 13.7. The number of aliphatic carboxylic acids is 1. The van der Waals surface area contributed by atoms with Gasteiger partial charge in [-0.1, -0.05) is 39.0 Å². The molecule has 0 fully saturated rings. The molecule has 0 bridgehead atoms. The highest BCUT2D eigenvalue weighted by Crippen LogP contribution is 2.07. The van der Waals surface area contributed by atoms with Crippen molar-refractivity contribution in [3.63, 3.8) is 0 Å². The van der Waals surface area contributed by atoms with Gasteiger partial charge >= 0.3 is 17.9 Å². The fraction of sp³-hybridized carbons (Fsp3) is 0.812. The van der Waals surface area contributed by atoms with E-state index < -0.39 is 43.1 Å². The number of unbranched alkanes of at least 4 members (excludes halogenated alkanes) is 5. The average molecular weight is 348 g/mol. The molecule has 24 heavy (non-hydrogen) atoms. The van der Waals surface area contributed by atoms with Crippen molar-refractivity contribution in [3.8, 4) is 0 Å². The predicted octanol–water partition coefficient (Wildman–Crippen LogP) is 1.02. The highest BCUT2D eigenvalue weighted by molar-refractivity contribution is 5.80. The van der Waals surface area contributed by atoms with Crippen LogP contribution in [0.2, 0.25) is 0 Å². The number of hydrogen-bond donors (Lipinski definition) is 3. The minimum absolute atomic E-state index is 0.281. The third kappa shape index (κ3) is 12.8. The molecule has 0 aromatic carbocycles. The van der Waals surface area contributed by atoms with Crippen LogP contribution in [0.3, 0.4) is 0 Å². The van der Waals surface area contributed by atoms with Gasteiger partial charge < -0.3 is 24.8 Å². The topological polar surface area (TPSA) is 130 Å². The molecule has 0 amide bonds. The summed E-state index contributed by atoms with van der Waals surface area (Å²) in [4.78, 5) is 33.0. The van der Waals surface area contributed by atoms with E-state index >= 15 is 0 Å². The van der Waals surface area contributed by atoms with E-state index in [4.69, 9.17) is 14.9 Å². The summed E-state index contributed by atoms with van der Waals surface area (Å²) in [6.45, 7) is 1.40. The number of esters is 2. The molecule has 0 aliphatic heterocycles. The van der Waals surface area contributed by atoms with Crippen molar-refractivity contribution in [2.75, 3.05) is 13.2 Å². The lowest BCUT2D eigenvalue weighted by molar-refractivity contribution is -0.159. The summed E-state index contributed by atoms with van der Waals surface area (Å²) < 4.78 is 9.45. The number of carboxylic acids is 1. The number of hydrogen-bond acceptors (Lipinski definition) is 7. The van der Waals surface area contributed by atoms with Gasteiger partial charge in [-0.2, -0.15) is 0 Å². The summed E-state index contributed by atoms with van der Waals surface area (Å²) in [5.41, 5.74) is 0. The first-order valence-electron chi connectivity index (χ1n) is 8.27. The number of ether oxygens (including phenoxy) is 2. The molecule has 0 radical (unpaired) electrons. The molecule has 0 aromatic rings. The van der Waals surface area contributed by atoms with E-state index in [0.717, 1.165) is 25.7 Å². The van der Waals surface area contributed by atoms with E-state index in [-0.39, 0.29) is 13.0 Å². The van der Waals surface area contributed by atoms with Gasteiger partial charge in [0, 0.05) is 6.42 Å². The number of carbonyl (C=O) groups is 3. The Morgan fingerprint density at radius 2 is 1.42 bits per heavy atom. The maximum absolute atomic E-state index is 11.5. The van der Waals surface area contributed by atoms with Gasteiger partial charge in [-0.05, 0) is 6.42 Å². The molecule has 0 spiro atoms. The Kier molecular flexibility index (Phi) is 12.8. The van der Waals surface area contributed by atoms with Crippen molar-refractivity contribution < 1.29 is 39.2 Å². The van der Waals surface area contributed by atoms with Gasteiger partial charge in [-0.25, -0.2) is 4.79 Å². The van der Waals surface area contributed by atoms with Gasteiger partial charge in [0.1, 0.15) is 19.3 Å². The zero-order chi connectivity index (χ0) is 18.4. The molecule has 0 aliphatic carbocycles. The van der Waals surface area contributed by atoms with Gasteiger partial charge in [0.05, 0.1) is 6.42 Å². The SMILES string of the molecule is CCCCCCCCC(=O)OCC(O)COC(=O)C[C@H](O)C(=O)O. The molecule has 140 valence electrons. The number of aliphatic hydroxyl groups is 2. The highest BCUT2D eigenvalue weighted by atomic mass is 16.6. The molecule has 3 N–H and O–H groups in total. The van der Waals surface area contributed by atoms with Crippen molar-refractivity contribution in [1.82, 2.24) is 0 Å². The number of carbonyl (C=O) groups excluding carboxylic acids is 2. The fourth-order valence-corrected chi connectivity index (χ4v) is 1.85. The Morgan fingerprint density at radius 1 is 0.875 bits per heavy atom. The van der Waals surface area contributed by atoms with Crippen LogP contribution in [0.4, 0.5) is 0 Å². The number of rotatable bonds is 14. The predicted molar refractivity (Wildman–Crippen MR) is 84.2 cm³/mol. The molecular weight excluding hydrogens is 320 g/mol. The lowest BCUT2D eigenvalue weighted by atomic mass is 10.1. The van der Waals surface area contributed by atoms with E-state index in [1.54, 1.807) is 0 Å². The zero-order valence-electron chi connectivity index (χ0n) is 14.1. The van der Waals surface area contributed by atoms with Crippen LogP contribution < -0.4 is 0 Å². The molecular formula is C16H28O8.